The van der Waals surface area contributed by atoms with Crippen LogP contribution in [-0.4, -0.2) is 49.1 Å². The summed E-state index contributed by atoms with van der Waals surface area (Å²) in [6.45, 7) is 0.976. The summed E-state index contributed by atoms with van der Waals surface area (Å²) in [5.74, 6) is 0. The molecule has 0 radical (unpaired) electrons. The van der Waals surface area contributed by atoms with E-state index < -0.39 is 25.1 Å². The molecule has 1 heterocycles. The van der Waals surface area contributed by atoms with E-state index in [1.165, 1.54) is 4.90 Å². The standard InChI is InChI=1S/C10H19BF3N2O2.K/c1-10(2,3)18-9(17)15-8-4-5-16(6-8)7-11(12,13)14;/h8H,4-7H2,1-3H3,(H,15,17);/q-1;+1/t8-;/m1./s1. The van der Waals surface area contributed by atoms with Crippen molar-refractivity contribution in [3.05, 3.63) is 0 Å². The maximum Gasteiger partial charge on any atom is 1.00 e. The zero-order valence-electron chi connectivity index (χ0n) is 11.9. The second-order valence-corrected chi connectivity index (χ2v) is 5.60. The van der Waals surface area contributed by atoms with Gasteiger partial charge >= 0.3 is 64.5 Å². The Hall–Kier alpha value is 0.721. The van der Waals surface area contributed by atoms with E-state index in [1.54, 1.807) is 20.8 Å². The molecule has 0 saturated carbocycles. The molecule has 1 saturated heterocycles. The van der Waals surface area contributed by atoms with Gasteiger partial charge in [-0.3, -0.25) is 0 Å². The molecule has 0 unspecified atom stereocenters. The number of nitrogens with one attached hydrogen (secondary N) is 1. The first-order chi connectivity index (χ1) is 8.05. The molecule has 1 N–H and O–H groups in total. The van der Waals surface area contributed by atoms with Crippen molar-refractivity contribution < 1.29 is 73.9 Å². The van der Waals surface area contributed by atoms with Gasteiger partial charge in [-0.15, -0.1) is 0 Å². The largest absolute Gasteiger partial charge is 1.00 e. The van der Waals surface area contributed by atoms with Crippen molar-refractivity contribution in [3.8, 4) is 0 Å². The summed E-state index contributed by atoms with van der Waals surface area (Å²) in [7, 11) is 0. The molecule has 1 amide bonds. The molecule has 0 aromatic heterocycles. The molecule has 0 aromatic carbocycles. The Labute approximate surface area is 154 Å². The summed E-state index contributed by atoms with van der Waals surface area (Å²) in [6.07, 6.45) is -0.926. The Bertz CT molecular complexity index is 310. The number of likely N-dealkylation sites (tertiary alicyclic amines) is 1. The topological polar surface area (TPSA) is 41.6 Å². The van der Waals surface area contributed by atoms with Gasteiger partial charge in [0.1, 0.15) is 5.60 Å². The van der Waals surface area contributed by atoms with Gasteiger partial charge in [-0.25, -0.2) is 4.79 Å². The van der Waals surface area contributed by atoms with Crippen LogP contribution >= 0.6 is 0 Å². The van der Waals surface area contributed by atoms with Crippen molar-refractivity contribution in [2.45, 2.75) is 38.8 Å². The second kappa shape index (κ2) is 7.65. The summed E-state index contributed by atoms with van der Waals surface area (Å²) < 4.78 is 41.7. The van der Waals surface area contributed by atoms with Crippen LogP contribution in [0.5, 0.6) is 0 Å². The number of nitrogens with zero attached hydrogens (tertiary/aromatic N) is 1. The van der Waals surface area contributed by atoms with E-state index in [0.717, 1.165) is 0 Å². The van der Waals surface area contributed by atoms with Crippen LogP contribution in [0.25, 0.3) is 0 Å². The molecule has 0 bridgehead atoms. The number of amides is 1. The minimum absolute atomic E-state index is 0. The van der Waals surface area contributed by atoms with Gasteiger partial charge in [0.05, 0.1) is 0 Å². The smallest absolute Gasteiger partial charge is 0.448 e. The summed E-state index contributed by atoms with van der Waals surface area (Å²) in [4.78, 5) is 12.7. The average molecular weight is 306 g/mol. The monoisotopic (exact) mass is 306 g/mol. The van der Waals surface area contributed by atoms with Crippen LogP contribution in [0.2, 0.25) is 0 Å². The van der Waals surface area contributed by atoms with Crippen LogP contribution in [0.15, 0.2) is 0 Å². The Morgan fingerprint density at radius 3 is 2.47 bits per heavy atom. The molecule has 19 heavy (non-hydrogen) atoms. The van der Waals surface area contributed by atoms with E-state index in [0.29, 0.717) is 13.0 Å². The molecule has 0 aromatic rings. The first-order valence-electron chi connectivity index (χ1n) is 5.98. The number of alkyl carbamates (subject to hydrolysis) is 1. The summed E-state index contributed by atoms with van der Waals surface area (Å²) in [5.41, 5.74) is -0.600. The van der Waals surface area contributed by atoms with Gasteiger partial charge in [0.15, 0.2) is 0 Å². The SMILES string of the molecule is CC(C)(C)OC(=O)N[C@@H]1CCN(C[B-](F)(F)F)C1.[K+]. The average Bonchev–Trinajstić information content (AvgIpc) is 2.44. The van der Waals surface area contributed by atoms with E-state index in [1.807, 2.05) is 0 Å². The van der Waals surface area contributed by atoms with E-state index in [9.17, 15) is 17.7 Å². The first-order valence-corrected chi connectivity index (χ1v) is 5.98. The number of hydrogen-bond donors (Lipinski definition) is 1. The molecular formula is C10H19BF3KN2O2. The molecular weight excluding hydrogens is 287 g/mol. The van der Waals surface area contributed by atoms with Crippen molar-refractivity contribution in [2.75, 3.05) is 19.5 Å². The molecule has 9 heteroatoms. The zero-order valence-corrected chi connectivity index (χ0v) is 15.0. The van der Waals surface area contributed by atoms with E-state index in [2.05, 4.69) is 5.32 Å². The molecule has 1 atom stereocenters. The summed E-state index contributed by atoms with van der Waals surface area (Å²) in [5, 5.41) is 2.59. The molecule has 1 aliphatic rings. The molecule has 1 rings (SSSR count). The Balaban J connectivity index is 0.00000324. The van der Waals surface area contributed by atoms with E-state index >= 15 is 0 Å². The maximum absolute atomic E-state index is 12.2. The summed E-state index contributed by atoms with van der Waals surface area (Å²) in [6, 6.07) is -0.266. The van der Waals surface area contributed by atoms with Gasteiger partial charge in [0.25, 0.3) is 0 Å². The van der Waals surface area contributed by atoms with Crippen LogP contribution in [0.3, 0.4) is 0 Å². The van der Waals surface area contributed by atoms with Gasteiger partial charge in [-0.05, 0) is 40.2 Å². The third-order valence-corrected chi connectivity index (χ3v) is 2.46. The van der Waals surface area contributed by atoms with Crippen LogP contribution < -0.4 is 56.7 Å². The Kier molecular flexibility index (Phi) is 7.94. The maximum atomic E-state index is 12.2. The Morgan fingerprint density at radius 2 is 2.00 bits per heavy atom. The number of ether oxygens (including phenoxy) is 1. The first kappa shape index (κ1) is 19.7. The van der Waals surface area contributed by atoms with Gasteiger partial charge in [-0.2, -0.15) is 0 Å². The number of halogens is 3. The quantitative estimate of drug-likeness (QED) is 0.679. The van der Waals surface area contributed by atoms with Gasteiger partial charge in [0, 0.05) is 12.6 Å². The molecule has 0 spiro atoms. The van der Waals surface area contributed by atoms with Crippen LogP contribution in [-0.2, 0) is 4.74 Å². The molecule has 1 aliphatic heterocycles. The normalized spacial score (nSPS) is 20.8. The van der Waals surface area contributed by atoms with Crippen LogP contribution in [0.1, 0.15) is 27.2 Å². The minimum Gasteiger partial charge on any atom is -0.448 e. The number of carbonyl (C=O) groups excluding carboxylic acids is 1. The third-order valence-electron chi connectivity index (χ3n) is 2.46. The molecule has 1 fully saturated rings. The predicted molar refractivity (Wildman–Crippen MR) is 63.3 cm³/mol. The van der Waals surface area contributed by atoms with Crippen molar-refractivity contribution in [3.63, 3.8) is 0 Å². The van der Waals surface area contributed by atoms with Crippen molar-refractivity contribution >= 4 is 13.1 Å². The van der Waals surface area contributed by atoms with Crippen LogP contribution in [0, 0.1) is 0 Å². The molecule has 4 nitrogen and oxygen atoms in total. The number of carbonyl (C=O) groups is 1. The zero-order chi connectivity index (χ0) is 14.0. The molecule has 0 aliphatic carbocycles. The van der Waals surface area contributed by atoms with Crippen molar-refractivity contribution in [1.82, 2.24) is 10.2 Å². The Morgan fingerprint density at radius 1 is 1.42 bits per heavy atom. The minimum atomic E-state index is -4.80. The van der Waals surface area contributed by atoms with Crippen molar-refractivity contribution in [2.24, 2.45) is 0 Å². The van der Waals surface area contributed by atoms with Crippen LogP contribution in [0.4, 0.5) is 17.7 Å². The number of rotatable bonds is 3. The van der Waals surface area contributed by atoms with Gasteiger partial charge in [0.2, 0.25) is 0 Å². The third kappa shape index (κ3) is 9.30. The second-order valence-electron chi connectivity index (χ2n) is 5.60. The predicted octanol–water partition coefficient (Wildman–Crippen LogP) is -1.02. The fourth-order valence-corrected chi connectivity index (χ4v) is 1.88. The fraction of sp³-hybridized carbons (Fsp3) is 0.900. The van der Waals surface area contributed by atoms with Gasteiger partial charge < -0.3 is 27.9 Å². The van der Waals surface area contributed by atoms with Crippen molar-refractivity contribution in [1.29, 1.82) is 0 Å². The van der Waals surface area contributed by atoms with E-state index in [4.69, 9.17) is 4.74 Å². The van der Waals surface area contributed by atoms with E-state index in [-0.39, 0.29) is 64.0 Å². The number of hydrogen-bond acceptors (Lipinski definition) is 3. The molecule has 106 valence electrons. The van der Waals surface area contributed by atoms with Gasteiger partial charge in [-0.1, -0.05) is 0 Å². The fourth-order valence-electron chi connectivity index (χ4n) is 1.88. The summed E-state index contributed by atoms with van der Waals surface area (Å²) >= 11 is 0.